The second kappa shape index (κ2) is 10.2. The van der Waals surface area contributed by atoms with Crippen LogP contribution in [0.4, 0.5) is 5.69 Å². The molecule has 0 saturated carbocycles. The van der Waals surface area contributed by atoms with Gasteiger partial charge in [-0.2, -0.15) is 0 Å². The van der Waals surface area contributed by atoms with Crippen LogP contribution >= 0.6 is 34.4 Å². The summed E-state index contributed by atoms with van der Waals surface area (Å²) in [6.45, 7) is 2.41. The van der Waals surface area contributed by atoms with Gasteiger partial charge < -0.3 is 14.2 Å². The van der Waals surface area contributed by atoms with Gasteiger partial charge in [0.1, 0.15) is 0 Å². The fourth-order valence-electron chi connectivity index (χ4n) is 2.87. The molecule has 1 aliphatic heterocycles. The summed E-state index contributed by atoms with van der Waals surface area (Å²) in [5.41, 5.74) is 1.78. The number of carbonyl (C=O) groups is 2. The summed E-state index contributed by atoms with van der Waals surface area (Å²) < 4.78 is 16.7. The molecule has 7 nitrogen and oxygen atoms in total. The molecule has 0 unspecified atom stereocenters. The first-order valence-electron chi connectivity index (χ1n) is 9.33. The molecule has 1 amide bonds. The predicted octanol–water partition coefficient (Wildman–Crippen LogP) is 4.72. The van der Waals surface area contributed by atoms with Gasteiger partial charge in [0.05, 0.1) is 40.6 Å². The van der Waals surface area contributed by atoms with Crippen LogP contribution in [0.5, 0.6) is 11.5 Å². The summed E-state index contributed by atoms with van der Waals surface area (Å²) >= 11 is 3.45. The highest BCUT2D eigenvalue weighted by Crippen LogP contribution is 2.37. The Kier molecular flexibility index (Phi) is 7.60. The molecule has 2 aromatic rings. The first-order valence-corrected chi connectivity index (χ1v) is 11.2. The molecule has 3 rings (SSSR count). The lowest BCUT2D eigenvalue weighted by Crippen LogP contribution is -2.23. The number of rotatable bonds is 6. The van der Waals surface area contributed by atoms with Gasteiger partial charge in [-0.05, 0) is 83.2 Å². The van der Waals surface area contributed by atoms with Crippen molar-refractivity contribution >= 4 is 63.2 Å². The van der Waals surface area contributed by atoms with E-state index < -0.39 is 5.97 Å². The minimum absolute atomic E-state index is 0.156. The summed E-state index contributed by atoms with van der Waals surface area (Å²) in [4.78, 5) is 31.1. The SMILES string of the molecule is CCOc1cc(C=C2SC(=Nc3cccc(C(=O)OC)c3)N(C)C2=O)cc(I)c1OC. The number of hydrogen-bond donors (Lipinski definition) is 0. The van der Waals surface area contributed by atoms with Gasteiger partial charge in [0, 0.05) is 7.05 Å². The van der Waals surface area contributed by atoms with Gasteiger partial charge in [-0.3, -0.25) is 9.69 Å². The van der Waals surface area contributed by atoms with Gasteiger partial charge >= 0.3 is 5.97 Å². The quantitative estimate of drug-likeness (QED) is 0.294. The molecule has 0 atom stereocenters. The van der Waals surface area contributed by atoms with E-state index in [2.05, 4.69) is 27.6 Å². The average molecular weight is 552 g/mol. The summed E-state index contributed by atoms with van der Waals surface area (Å²) in [5.74, 6) is 0.697. The van der Waals surface area contributed by atoms with E-state index in [1.807, 2.05) is 19.1 Å². The van der Waals surface area contributed by atoms with E-state index in [0.717, 1.165) is 9.13 Å². The van der Waals surface area contributed by atoms with Crippen molar-refractivity contribution in [1.82, 2.24) is 4.90 Å². The molecule has 0 spiro atoms. The van der Waals surface area contributed by atoms with Crippen molar-refractivity contribution < 1.29 is 23.8 Å². The van der Waals surface area contributed by atoms with Crippen molar-refractivity contribution in [2.24, 2.45) is 4.99 Å². The van der Waals surface area contributed by atoms with Crippen LogP contribution in [-0.4, -0.2) is 49.8 Å². The van der Waals surface area contributed by atoms with Crippen LogP contribution in [0.3, 0.4) is 0 Å². The third kappa shape index (κ3) is 5.21. The Bertz CT molecular complexity index is 1080. The lowest BCUT2D eigenvalue weighted by atomic mass is 10.2. The largest absolute Gasteiger partial charge is 0.492 e. The summed E-state index contributed by atoms with van der Waals surface area (Å²) in [6.07, 6.45) is 1.81. The molecule has 0 bridgehead atoms. The van der Waals surface area contributed by atoms with Crippen molar-refractivity contribution in [2.75, 3.05) is 27.9 Å². The van der Waals surface area contributed by atoms with Crippen molar-refractivity contribution in [3.8, 4) is 11.5 Å². The van der Waals surface area contributed by atoms with Crippen LogP contribution in [0, 0.1) is 3.57 Å². The Labute approximate surface area is 198 Å². The standard InChI is InChI=1S/C22H21IN2O5S/c1-5-30-17-10-13(9-16(23)19(17)28-3)11-18-20(26)25(2)22(31-18)24-15-8-6-7-14(12-15)21(27)29-4/h6-12H,5H2,1-4H3. The molecule has 9 heteroatoms. The Hall–Kier alpha value is -2.53. The van der Waals surface area contributed by atoms with Crippen LogP contribution in [0.15, 0.2) is 46.3 Å². The van der Waals surface area contributed by atoms with E-state index in [0.29, 0.717) is 39.4 Å². The first-order chi connectivity index (χ1) is 14.9. The van der Waals surface area contributed by atoms with Crippen molar-refractivity contribution in [3.05, 3.63) is 56.0 Å². The van der Waals surface area contributed by atoms with Crippen molar-refractivity contribution in [3.63, 3.8) is 0 Å². The van der Waals surface area contributed by atoms with Crippen LogP contribution < -0.4 is 9.47 Å². The second-order valence-corrected chi connectivity index (χ2v) is 8.55. The monoisotopic (exact) mass is 552 g/mol. The number of amides is 1. The summed E-state index contributed by atoms with van der Waals surface area (Å²) in [5, 5.41) is 0.520. The minimum atomic E-state index is -0.439. The predicted molar refractivity (Wildman–Crippen MR) is 130 cm³/mol. The van der Waals surface area contributed by atoms with E-state index in [1.54, 1.807) is 44.5 Å². The Morgan fingerprint density at radius 1 is 1.26 bits per heavy atom. The zero-order chi connectivity index (χ0) is 22.5. The summed E-state index contributed by atoms with van der Waals surface area (Å²) in [6, 6.07) is 10.5. The topological polar surface area (TPSA) is 77.4 Å². The number of carbonyl (C=O) groups excluding carboxylic acids is 2. The van der Waals surface area contributed by atoms with E-state index in [9.17, 15) is 9.59 Å². The number of esters is 1. The highest BCUT2D eigenvalue weighted by Gasteiger charge is 2.30. The smallest absolute Gasteiger partial charge is 0.337 e. The van der Waals surface area contributed by atoms with Crippen molar-refractivity contribution in [1.29, 1.82) is 0 Å². The third-order valence-electron chi connectivity index (χ3n) is 4.33. The lowest BCUT2D eigenvalue weighted by molar-refractivity contribution is -0.121. The van der Waals surface area contributed by atoms with Crippen LogP contribution in [0.1, 0.15) is 22.8 Å². The van der Waals surface area contributed by atoms with E-state index in [4.69, 9.17) is 14.2 Å². The van der Waals surface area contributed by atoms with Crippen LogP contribution in [-0.2, 0) is 9.53 Å². The van der Waals surface area contributed by atoms with Crippen LogP contribution in [0.2, 0.25) is 0 Å². The molecule has 1 heterocycles. The van der Waals surface area contributed by atoms with Gasteiger partial charge in [-0.15, -0.1) is 0 Å². The molecule has 0 aromatic heterocycles. The van der Waals surface area contributed by atoms with Gasteiger partial charge in [0.2, 0.25) is 0 Å². The van der Waals surface area contributed by atoms with E-state index in [1.165, 1.54) is 23.8 Å². The lowest BCUT2D eigenvalue weighted by Gasteiger charge is -2.12. The fraction of sp³-hybridized carbons (Fsp3) is 0.227. The average Bonchev–Trinajstić information content (AvgIpc) is 3.01. The molecular formula is C22H21IN2O5S. The maximum absolute atomic E-state index is 12.8. The van der Waals surface area contributed by atoms with E-state index in [-0.39, 0.29) is 5.91 Å². The number of methoxy groups -OCH3 is 2. The van der Waals surface area contributed by atoms with Crippen molar-refractivity contribution in [2.45, 2.75) is 6.92 Å². The van der Waals surface area contributed by atoms with Gasteiger partial charge in [-0.25, -0.2) is 9.79 Å². The number of halogens is 1. The molecule has 0 radical (unpaired) electrons. The molecule has 162 valence electrons. The number of likely N-dealkylation sites (N-methyl/N-ethyl adjacent to an activating group) is 1. The third-order valence-corrected chi connectivity index (χ3v) is 6.19. The minimum Gasteiger partial charge on any atom is -0.492 e. The number of ether oxygens (including phenoxy) is 3. The zero-order valence-electron chi connectivity index (χ0n) is 17.5. The fourth-order valence-corrected chi connectivity index (χ4v) is 4.70. The van der Waals surface area contributed by atoms with Gasteiger partial charge in [0.15, 0.2) is 16.7 Å². The maximum atomic E-state index is 12.8. The molecule has 0 aliphatic carbocycles. The Balaban J connectivity index is 1.92. The summed E-state index contributed by atoms with van der Waals surface area (Å²) in [7, 11) is 4.60. The number of benzene rings is 2. The molecule has 2 aromatic carbocycles. The van der Waals surface area contributed by atoms with E-state index >= 15 is 0 Å². The van der Waals surface area contributed by atoms with Gasteiger partial charge in [-0.1, -0.05) is 6.07 Å². The zero-order valence-corrected chi connectivity index (χ0v) is 20.4. The number of amidine groups is 1. The number of hydrogen-bond acceptors (Lipinski definition) is 7. The second-order valence-electron chi connectivity index (χ2n) is 6.38. The number of aliphatic imine (C=N–C) groups is 1. The molecule has 1 fully saturated rings. The molecule has 1 aliphatic rings. The normalized spacial score (nSPS) is 16.2. The maximum Gasteiger partial charge on any atom is 0.337 e. The number of nitrogens with zero attached hydrogens (tertiary/aromatic N) is 2. The molecular weight excluding hydrogens is 531 g/mol. The molecule has 31 heavy (non-hydrogen) atoms. The molecule has 0 N–H and O–H groups in total. The van der Waals surface area contributed by atoms with Gasteiger partial charge in [0.25, 0.3) is 5.91 Å². The first kappa shape index (κ1) is 23.1. The molecule has 1 saturated heterocycles. The Morgan fingerprint density at radius 2 is 2.03 bits per heavy atom. The highest BCUT2D eigenvalue weighted by molar-refractivity contribution is 14.1. The number of thioether (sulfide) groups is 1. The highest BCUT2D eigenvalue weighted by atomic mass is 127. The Morgan fingerprint density at radius 3 is 2.71 bits per heavy atom. The van der Waals surface area contributed by atoms with Crippen LogP contribution in [0.25, 0.3) is 6.08 Å².